The summed E-state index contributed by atoms with van der Waals surface area (Å²) in [5.41, 5.74) is -1.46. The smallest absolute Gasteiger partial charge is 0.312 e. The standard InChI is InChI=1S/C26H37BrO5/c1-17-21(29)25-12-8-19-23(3,20(25)9-13-26(17,16-25)32-18(2)28)10-7-11-24(19,4)22(30)31-15-6-5-14-27/h19-20H,1,5-16H2,2-4H3/t19-,20-,23+,24+,25+,26+/m0/s1. The van der Waals surface area contributed by atoms with Crippen molar-refractivity contribution >= 4 is 33.7 Å². The molecule has 0 N–H and O–H groups in total. The lowest BCUT2D eigenvalue weighted by molar-refractivity contribution is -0.195. The highest BCUT2D eigenvalue weighted by Gasteiger charge is 2.72. The molecule has 6 heteroatoms. The molecule has 0 aromatic heterocycles. The van der Waals surface area contributed by atoms with Gasteiger partial charge in [-0.05, 0) is 75.5 Å². The summed E-state index contributed by atoms with van der Waals surface area (Å²) in [5.74, 6) is 0.0786. The van der Waals surface area contributed by atoms with Crippen molar-refractivity contribution < 1.29 is 23.9 Å². The molecule has 2 bridgehead atoms. The average molecular weight is 509 g/mol. The van der Waals surface area contributed by atoms with Crippen LogP contribution < -0.4 is 0 Å². The summed E-state index contributed by atoms with van der Waals surface area (Å²) in [6.07, 6.45) is 8.33. The van der Waals surface area contributed by atoms with Crippen molar-refractivity contribution in [1.82, 2.24) is 0 Å². The van der Waals surface area contributed by atoms with Crippen molar-refractivity contribution in [3.63, 3.8) is 0 Å². The third-order valence-corrected chi connectivity index (χ3v) is 10.2. The fourth-order valence-electron chi connectivity index (χ4n) is 8.29. The van der Waals surface area contributed by atoms with Gasteiger partial charge >= 0.3 is 11.9 Å². The lowest BCUT2D eigenvalue weighted by Crippen LogP contribution is -2.60. The van der Waals surface area contributed by atoms with Gasteiger partial charge in [-0.25, -0.2) is 0 Å². The number of halogens is 1. The number of ether oxygens (including phenoxy) is 2. The van der Waals surface area contributed by atoms with Gasteiger partial charge in [-0.15, -0.1) is 0 Å². The Labute approximate surface area is 200 Å². The van der Waals surface area contributed by atoms with Gasteiger partial charge in [-0.3, -0.25) is 14.4 Å². The van der Waals surface area contributed by atoms with Crippen LogP contribution in [0.25, 0.3) is 0 Å². The first-order chi connectivity index (χ1) is 15.1. The second-order valence-corrected chi connectivity index (χ2v) is 12.0. The Hall–Kier alpha value is -1.17. The van der Waals surface area contributed by atoms with Crippen LogP contribution in [-0.2, 0) is 23.9 Å². The minimum atomic E-state index is -0.824. The molecule has 1 spiro atoms. The van der Waals surface area contributed by atoms with E-state index in [1.54, 1.807) is 0 Å². The van der Waals surface area contributed by atoms with Gasteiger partial charge in [0.1, 0.15) is 5.60 Å². The van der Waals surface area contributed by atoms with Crippen LogP contribution in [0.3, 0.4) is 0 Å². The van der Waals surface area contributed by atoms with Crippen LogP contribution in [0.1, 0.15) is 85.0 Å². The molecule has 178 valence electrons. The van der Waals surface area contributed by atoms with E-state index in [4.69, 9.17) is 9.47 Å². The second-order valence-electron chi connectivity index (χ2n) is 11.2. The normalized spacial score (nSPS) is 42.8. The molecule has 5 nitrogen and oxygen atoms in total. The SMILES string of the molecule is C=C1C(=O)[C@@]23CC[C@H]4[C@@](C)(CCC[C@@]4(C)C(=O)OCCCCBr)[C@@H]2CC[C@@]1(OC(C)=O)C3. The Kier molecular flexibility index (Phi) is 6.18. The Balaban J connectivity index is 1.62. The van der Waals surface area contributed by atoms with Gasteiger partial charge in [0.05, 0.1) is 12.0 Å². The van der Waals surface area contributed by atoms with Crippen molar-refractivity contribution in [3.8, 4) is 0 Å². The van der Waals surface area contributed by atoms with Crippen LogP contribution in [-0.4, -0.2) is 35.3 Å². The molecule has 0 aromatic carbocycles. The molecule has 0 amide bonds. The number of esters is 2. The number of alkyl halides is 1. The van der Waals surface area contributed by atoms with Crippen molar-refractivity contribution in [2.24, 2.45) is 28.1 Å². The van der Waals surface area contributed by atoms with E-state index in [1.807, 2.05) is 0 Å². The summed E-state index contributed by atoms with van der Waals surface area (Å²) in [6, 6.07) is 0. The van der Waals surface area contributed by atoms with Crippen LogP contribution in [0.4, 0.5) is 0 Å². The molecule has 0 unspecified atom stereocenters. The van der Waals surface area contributed by atoms with Gasteiger partial charge in [0.25, 0.3) is 0 Å². The highest BCUT2D eigenvalue weighted by atomic mass is 79.9. The molecule has 0 heterocycles. The summed E-state index contributed by atoms with van der Waals surface area (Å²) in [5, 5.41) is 0.917. The van der Waals surface area contributed by atoms with Crippen LogP contribution >= 0.6 is 15.9 Å². The molecule has 4 aliphatic rings. The number of hydrogen-bond donors (Lipinski definition) is 0. The van der Waals surface area contributed by atoms with Gasteiger partial charge in [0.15, 0.2) is 5.78 Å². The summed E-state index contributed by atoms with van der Waals surface area (Å²) in [4.78, 5) is 38.8. The van der Waals surface area contributed by atoms with Crippen molar-refractivity contribution in [2.75, 3.05) is 11.9 Å². The minimum Gasteiger partial charge on any atom is -0.465 e. The number of unbranched alkanes of at least 4 members (excludes halogenated alkanes) is 1. The third-order valence-electron chi connectivity index (χ3n) is 9.60. The quantitative estimate of drug-likeness (QED) is 0.204. The number of carbonyl (C=O) groups excluding carboxylic acids is 3. The Morgan fingerprint density at radius 2 is 1.81 bits per heavy atom. The van der Waals surface area contributed by atoms with Crippen molar-refractivity contribution in [2.45, 2.75) is 90.6 Å². The predicted molar refractivity (Wildman–Crippen MR) is 125 cm³/mol. The molecule has 4 saturated carbocycles. The topological polar surface area (TPSA) is 69.7 Å². The van der Waals surface area contributed by atoms with E-state index < -0.39 is 16.4 Å². The van der Waals surface area contributed by atoms with Crippen LogP contribution in [0.5, 0.6) is 0 Å². The van der Waals surface area contributed by atoms with Crippen LogP contribution in [0.15, 0.2) is 12.2 Å². The lowest BCUT2D eigenvalue weighted by Gasteiger charge is -2.63. The predicted octanol–water partition coefficient (Wildman–Crippen LogP) is 5.54. The zero-order chi connectivity index (χ0) is 23.4. The molecule has 0 saturated heterocycles. The van der Waals surface area contributed by atoms with Crippen LogP contribution in [0, 0.1) is 28.1 Å². The Morgan fingerprint density at radius 1 is 1.09 bits per heavy atom. The summed E-state index contributed by atoms with van der Waals surface area (Å²) in [7, 11) is 0. The lowest BCUT2D eigenvalue weighted by atomic mass is 9.40. The molecule has 32 heavy (non-hydrogen) atoms. The Bertz CT molecular complexity index is 838. The van der Waals surface area contributed by atoms with Crippen molar-refractivity contribution in [1.29, 1.82) is 0 Å². The van der Waals surface area contributed by atoms with E-state index in [2.05, 4.69) is 36.4 Å². The maximum Gasteiger partial charge on any atom is 0.312 e. The third kappa shape index (κ3) is 3.33. The fraction of sp³-hybridized carbons (Fsp3) is 0.808. The Morgan fingerprint density at radius 3 is 2.50 bits per heavy atom. The second kappa shape index (κ2) is 8.25. The molecule has 4 rings (SSSR count). The molecule has 6 atom stereocenters. The number of carbonyl (C=O) groups is 3. The average Bonchev–Trinajstić information content (AvgIpc) is 2.87. The molecule has 0 radical (unpaired) electrons. The van der Waals surface area contributed by atoms with Gasteiger partial charge < -0.3 is 9.47 Å². The zero-order valence-electron chi connectivity index (χ0n) is 19.8. The minimum absolute atomic E-state index is 0.0637. The van der Waals surface area contributed by atoms with Gasteiger partial charge in [-0.1, -0.05) is 35.9 Å². The molecule has 0 aromatic rings. The van der Waals surface area contributed by atoms with E-state index in [0.717, 1.165) is 56.7 Å². The summed E-state index contributed by atoms with van der Waals surface area (Å²) >= 11 is 3.43. The van der Waals surface area contributed by atoms with E-state index in [1.165, 1.54) is 6.92 Å². The molecule has 4 aliphatic carbocycles. The fourth-order valence-corrected chi connectivity index (χ4v) is 8.69. The van der Waals surface area contributed by atoms with Gasteiger partial charge in [-0.2, -0.15) is 0 Å². The summed E-state index contributed by atoms with van der Waals surface area (Å²) < 4.78 is 11.5. The monoisotopic (exact) mass is 508 g/mol. The highest BCUT2D eigenvalue weighted by molar-refractivity contribution is 9.09. The molecule has 0 aliphatic heterocycles. The molecular weight excluding hydrogens is 472 g/mol. The maximum atomic E-state index is 13.7. The van der Waals surface area contributed by atoms with E-state index in [9.17, 15) is 14.4 Å². The van der Waals surface area contributed by atoms with E-state index in [-0.39, 0.29) is 35.0 Å². The first-order valence-corrected chi connectivity index (χ1v) is 13.3. The van der Waals surface area contributed by atoms with Gasteiger partial charge in [0.2, 0.25) is 0 Å². The largest absolute Gasteiger partial charge is 0.465 e. The number of hydrogen-bond acceptors (Lipinski definition) is 5. The van der Waals surface area contributed by atoms with Crippen LogP contribution in [0.2, 0.25) is 0 Å². The number of ketones is 1. The van der Waals surface area contributed by atoms with E-state index in [0.29, 0.717) is 25.0 Å². The van der Waals surface area contributed by atoms with Crippen molar-refractivity contribution in [3.05, 3.63) is 12.2 Å². The number of rotatable bonds is 6. The number of fused-ring (bicyclic) bond motifs is 3. The molecular formula is C26H37BrO5. The maximum absolute atomic E-state index is 13.7. The number of Topliss-reactive ketones (excluding diaryl/α,β-unsaturated/α-hetero) is 1. The first-order valence-electron chi connectivity index (χ1n) is 12.2. The van der Waals surface area contributed by atoms with E-state index >= 15 is 0 Å². The van der Waals surface area contributed by atoms with Gasteiger partial charge in [0, 0.05) is 29.7 Å². The highest BCUT2D eigenvalue weighted by Crippen LogP contribution is 2.72. The first kappa shape index (κ1) is 24.0. The zero-order valence-corrected chi connectivity index (χ0v) is 21.4. The molecule has 4 fully saturated rings. The summed E-state index contributed by atoms with van der Waals surface area (Å²) in [6.45, 7) is 10.4.